The van der Waals surface area contributed by atoms with Gasteiger partial charge in [-0.1, -0.05) is 19.9 Å². The van der Waals surface area contributed by atoms with Gasteiger partial charge < -0.3 is 10.2 Å². The van der Waals surface area contributed by atoms with E-state index in [4.69, 9.17) is 0 Å². The molecule has 1 saturated heterocycles. The Morgan fingerprint density at radius 2 is 1.88 bits per heavy atom. The van der Waals surface area contributed by atoms with Gasteiger partial charge in [-0.15, -0.1) is 0 Å². The lowest BCUT2D eigenvalue weighted by Crippen LogP contribution is -2.33. The van der Waals surface area contributed by atoms with Gasteiger partial charge >= 0.3 is 5.69 Å². The highest BCUT2D eigenvalue weighted by Crippen LogP contribution is 2.20. The molecule has 2 amide bonds. The Bertz CT molecular complexity index is 909. The minimum absolute atomic E-state index is 0.0551. The molecule has 1 aromatic carbocycles. The number of rotatable bonds is 5. The first-order valence-corrected chi connectivity index (χ1v) is 8.97. The molecule has 0 aliphatic carbocycles. The van der Waals surface area contributed by atoms with Gasteiger partial charge in [0, 0.05) is 40.2 Å². The lowest BCUT2D eigenvalue weighted by atomic mass is 10.1. The third-order valence-electron chi connectivity index (χ3n) is 4.97. The Kier molecular flexibility index (Phi) is 4.89. The fourth-order valence-electron chi connectivity index (χ4n) is 3.56. The lowest BCUT2D eigenvalue weighted by molar-refractivity contribution is -0.129. The van der Waals surface area contributed by atoms with E-state index in [2.05, 4.69) is 19.2 Å². The van der Waals surface area contributed by atoms with Crippen molar-refractivity contribution >= 4 is 22.8 Å². The third-order valence-corrected chi connectivity index (χ3v) is 4.97. The maximum absolute atomic E-state index is 12.4. The molecule has 2 heterocycles. The normalized spacial score (nSPS) is 17.5. The summed E-state index contributed by atoms with van der Waals surface area (Å²) in [6, 6.07) is 5.72. The molecule has 1 atom stereocenters. The SMILES string of the molecule is CC(C)CN1C[C@H](C(=O)NCc2ccc3c(c2)n(C)c(=O)n3C)CC1=O. The van der Waals surface area contributed by atoms with Crippen LogP contribution in [0.25, 0.3) is 11.0 Å². The summed E-state index contributed by atoms with van der Waals surface area (Å²) in [4.78, 5) is 38.2. The number of amides is 2. The molecule has 7 heteroatoms. The van der Waals surface area contributed by atoms with Crippen LogP contribution in [0, 0.1) is 11.8 Å². The van der Waals surface area contributed by atoms with Crippen LogP contribution in [-0.4, -0.2) is 38.9 Å². The van der Waals surface area contributed by atoms with Gasteiger partial charge in [-0.2, -0.15) is 0 Å². The van der Waals surface area contributed by atoms with E-state index in [-0.39, 0.29) is 29.8 Å². The summed E-state index contributed by atoms with van der Waals surface area (Å²) in [7, 11) is 3.48. The number of likely N-dealkylation sites (tertiary alicyclic amines) is 1. The molecule has 140 valence electrons. The van der Waals surface area contributed by atoms with Gasteiger partial charge in [-0.05, 0) is 23.6 Å². The van der Waals surface area contributed by atoms with Crippen LogP contribution in [0.1, 0.15) is 25.8 Å². The van der Waals surface area contributed by atoms with Crippen LogP contribution in [-0.2, 0) is 30.2 Å². The number of aryl methyl sites for hydroxylation is 2. The molecule has 0 saturated carbocycles. The zero-order valence-electron chi connectivity index (χ0n) is 15.8. The van der Waals surface area contributed by atoms with Crippen LogP contribution in [0.5, 0.6) is 0 Å². The maximum Gasteiger partial charge on any atom is 0.328 e. The molecule has 0 bridgehead atoms. The molecule has 26 heavy (non-hydrogen) atoms. The number of fused-ring (bicyclic) bond motifs is 1. The summed E-state index contributed by atoms with van der Waals surface area (Å²) in [6.45, 7) is 5.70. The Hall–Kier alpha value is -2.57. The van der Waals surface area contributed by atoms with Crippen molar-refractivity contribution in [3.05, 3.63) is 34.2 Å². The molecule has 1 aromatic heterocycles. The zero-order chi connectivity index (χ0) is 19.0. The second kappa shape index (κ2) is 6.97. The molecule has 2 aromatic rings. The number of hydrogen-bond donors (Lipinski definition) is 1. The van der Waals surface area contributed by atoms with Crippen LogP contribution in [0.3, 0.4) is 0 Å². The predicted molar refractivity (Wildman–Crippen MR) is 99.5 cm³/mol. The summed E-state index contributed by atoms with van der Waals surface area (Å²) < 4.78 is 3.20. The molecule has 1 N–H and O–H groups in total. The van der Waals surface area contributed by atoms with Crippen molar-refractivity contribution in [2.75, 3.05) is 13.1 Å². The summed E-state index contributed by atoms with van der Waals surface area (Å²) in [6.07, 6.45) is 0.283. The van der Waals surface area contributed by atoms with Crippen molar-refractivity contribution < 1.29 is 9.59 Å². The van der Waals surface area contributed by atoms with E-state index >= 15 is 0 Å². The third kappa shape index (κ3) is 3.38. The molecular formula is C19H26N4O3. The number of hydrogen-bond acceptors (Lipinski definition) is 3. The average molecular weight is 358 g/mol. The number of nitrogens with one attached hydrogen (secondary N) is 1. The Morgan fingerprint density at radius 1 is 1.19 bits per heavy atom. The van der Waals surface area contributed by atoms with E-state index < -0.39 is 0 Å². The molecule has 3 rings (SSSR count). The Labute approximate surface area is 152 Å². The molecule has 1 fully saturated rings. The Balaban J connectivity index is 1.65. The predicted octanol–water partition coefficient (Wildman–Crippen LogP) is 0.998. The Morgan fingerprint density at radius 3 is 2.58 bits per heavy atom. The van der Waals surface area contributed by atoms with Crippen LogP contribution >= 0.6 is 0 Å². The van der Waals surface area contributed by atoms with Crippen molar-refractivity contribution in [1.29, 1.82) is 0 Å². The van der Waals surface area contributed by atoms with Gasteiger partial charge in [0.05, 0.1) is 17.0 Å². The largest absolute Gasteiger partial charge is 0.352 e. The second-order valence-electron chi connectivity index (χ2n) is 7.54. The summed E-state index contributed by atoms with van der Waals surface area (Å²) >= 11 is 0. The van der Waals surface area contributed by atoms with Crippen molar-refractivity contribution in [3.8, 4) is 0 Å². The van der Waals surface area contributed by atoms with Gasteiger partial charge in [0.15, 0.2) is 0 Å². The summed E-state index contributed by atoms with van der Waals surface area (Å²) in [5.74, 6) is 0.0716. The van der Waals surface area contributed by atoms with Crippen molar-refractivity contribution in [2.24, 2.45) is 25.9 Å². The zero-order valence-corrected chi connectivity index (χ0v) is 15.8. The fraction of sp³-hybridized carbons (Fsp3) is 0.526. The first kappa shape index (κ1) is 18.2. The number of carbonyl (C=O) groups is 2. The van der Waals surface area contributed by atoms with Crippen molar-refractivity contribution in [3.63, 3.8) is 0 Å². The number of aromatic nitrogens is 2. The highest BCUT2D eigenvalue weighted by molar-refractivity contribution is 5.89. The highest BCUT2D eigenvalue weighted by Gasteiger charge is 2.34. The number of imidazole rings is 1. The van der Waals surface area contributed by atoms with Crippen molar-refractivity contribution in [1.82, 2.24) is 19.4 Å². The van der Waals surface area contributed by atoms with Gasteiger partial charge in [0.25, 0.3) is 0 Å². The number of nitrogens with zero attached hydrogens (tertiary/aromatic N) is 3. The van der Waals surface area contributed by atoms with E-state index in [0.29, 0.717) is 25.6 Å². The first-order valence-electron chi connectivity index (χ1n) is 8.97. The molecule has 0 radical (unpaired) electrons. The summed E-state index contributed by atoms with van der Waals surface area (Å²) in [5.41, 5.74) is 2.55. The van der Waals surface area contributed by atoms with Crippen LogP contribution in [0.2, 0.25) is 0 Å². The van der Waals surface area contributed by atoms with Gasteiger partial charge in [0.1, 0.15) is 0 Å². The minimum Gasteiger partial charge on any atom is -0.352 e. The van der Waals surface area contributed by atoms with E-state index in [1.54, 1.807) is 28.1 Å². The maximum atomic E-state index is 12.4. The average Bonchev–Trinajstić information content (AvgIpc) is 3.06. The highest BCUT2D eigenvalue weighted by atomic mass is 16.2. The standard InChI is InChI=1S/C19H26N4O3/c1-12(2)10-23-11-14(8-17(23)24)18(25)20-9-13-5-6-15-16(7-13)22(4)19(26)21(15)3/h5-7,12,14H,8-11H2,1-4H3,(H,20,25)/t14-/m1/s1. The monoisotopic (exact) mass is 358 g/mol. The van der Waals surface area contributed by atoms with E-state index in [1.807, 2.05) is 18.2 Å². The van der Waals surface area contributed by atoms with Crippen LogP contribution in [0.15, 0.2) is 23.0 Å². The molecule has 1 aliphatic rings. The quantitative estimate of drug-likeness (QED) is 0.866. The van der Waals surface area contributed by atoms with Crippen LogP contribution < -0.4 is 11.0 Å². The smallest absolute Gasteiger partial charge is 0.328 e. The van der Waals surface area contributed by atoms with E-state index in [1.165, 1.54) is 0 Å². The van der Waals surface area contributed by atoms with Crippen molar-refractivity contribution in [2.45, 2.75) is 26.8 Å². The molecule has 0 spiro atoms. The van der Waals surface area contributed by atoms with Gasteiger partial charge in [-0.3, -0.25) is 18.7 Å². The van der Waals surface area contributed by atoms with E-state index in [0.717, 1.165) is 16.6 Å². The minimum atomic E-state index is -0.286. The molecule has 1 aliphatic heterocycles. The number of carbonyl (C=O) groups excluding carboxylic acids is 2. The van der Waals surface area contributed by atoms with Gasteiger partial charge in [0.2, 0.25) is 11.8 Å². The van der Waals surface area contributed by atoms with E-state index in [9.17, 15) is 14.4 Å². The lowest BCUT2D eigenvalue weighted by Gasteiger charge is -2.18. The number of benzene rings is 1. The second-order valence-corrected chi connectivity index (χ2v) is 7.54. The molecule has 0 unspecified atom stereocenters. The van der Waals surface area contributed by atoms with Gasteiger partial charge in [-0.25, -0.2) is 4.79 Å². The fourth-order valence-corrected chi connectivity index (χ4v) is 3.56. The molecular weight excluding hydrogens is 332 g/mol. The molecule has 7 nitrogen and oxygen atoms in total. The summed E-state index contributed by atoms with van der Waals surface area (Å²) in [5, 5.41) is 2.93. The van der Waals surface area contributed by atoms with Crippen LogP contribution in [0.4, 0.5) is 0 Å². The topological polar surface area (TPSA) is 76.3 Å². The first-order chi connectivity index (χ1) is 12.3.